The van der Waals surface area contributed by atoms with Gasteiger partial charge in [0.15, 0.2) is 0 Å². The third kappa shape index (κ3) is 3.61. The van der Waals surface area contributed by atoms with Crippen LogP contribution in [0, 0.1) is 0 Å². The Bertz CT molecular complexity index is 742. The average Bonchev–Trinajstić information content (AvgIpc) is 3.23. The summed E-state index contributed by atoms with van der Waals surface area (Å²) in [4.78, 5) is 0. The Balaban J connectivity index is 1.69. The first-order chi connectivity index (χ1) is 11.1. The molecule has 7 heteroatoms. The lowest BCUT2D eigenvalue weighted by Crippen LogP contribution is -2.31. The molecule has 0 N–H and O–H groups in total. The second kappa shape index (κ2) is 6.80. The second-order valence-electron chi connectivity index (χ2n) is 5.92. The van der Waals surface area contributed by atoms with Crippen molar-refractivity contribution in [2.24, 2.45) is 0 Å². The third-order valence-electron chi connectivity index (χ3n) is 4.23. The van der Waals surface area contributed by atoms with Crippen LogP contribution in [-0.2, 0) is 10.0 Å². The zero-order valence-electron chi connectivity index (χ0n) is 13.3. The maximum atomic E-state index is 12.3. The van der Waals surface area contributed by atoms with Crippen LogP contribution >= 0.6 is 0 Å². The Morgan fingerprint density at radius 2 is 2.04 bits per heavy atom. The zero-order chi connectivity index (χ0) is 16.3. The highest BCUT2D eigenvalue weighted by Gasteiger charge is 2.32. The number of rotatable bonds is 6. The molecule has 1 aromatic carbocycles. The summed E-state index contributed by atoms with van der Waals surface area (Å²) in [6.45, 7) is 3.06. The van der Waals surface area contributed by atoms with Crippen LogP contribution in [-0.4, -0.2) is 46.6 Å². The summed E-state index contributed by atoms with van der Waals surface area (Å²) in [5.41, 5.74) is 1.84. The van der Waals surface area contributed by atoms with Crippen LogP contribution in [0.1, 0.15) is 32.2 Å². The predicted octanol–water partition coefficient (Wildman–Crippen LogP) is 2.32. The van der Waals surface area contributed by atoms with Gasteiger partial charge < -0.3 is 0 Å². The van der Waals surface area contributed by atoms with Gasteiger partial charge in [-0.25, -0.2) is 13.1 Å². The number of benzene rings is 1. The number of aromatic nitrogens is 3. The summed E-state index contributed by atoms with van der Waals surface area (Å²) >= 11 is 0. The molecule has 0 aliphatic carbocycles. The van der Waals surface area contributed by atoms with E-state index in [0.29, 0.717) is 19.5 Å². The van der Waals surface area contributed by atoms with Crippen molar-refractivity contribution >= 4 is 10.0 Å². The van der Waals surface area contributed by atoms with Gasteiger partial charge in [-0.05, 0) is 12.8 Å². The Kier molecular flexibility index (Phi) is 4.77. The van der Waals surface area contributed by atoms with Crippen molar-refractivity contribution in [1.29, 1.82) is 0 Å². The lowest BCUT2D eigenvalue weighted by Gasteiger charge is -2.16. The topological polar surface area (TPSA) is 68.1 Å². The molecular formula is C16H22N4O2S. The van der Waals surface area contributed by atoms with Gasteiger partial charge in [0.1, 0.15) is 5.69 Å². The van der Waals surface area contributed by atoms with Crippen LogP contribution in [0.4, 0.5) is 0 Å². The quantitative estimate of drug-likeness (QED) is 0.813. The van der Waals surface area contributed by atoms with Crippen LogP contribution in [0.2, 0.25) is 0 Å². The molecule has 0 amide bonds. The highest BCUT2D eigenvalue weighted by molar-refractivity contribution is 7.89. The molecule has 1 aromatic heterocycles. The summed E-state index contributed by atoms with van der Waals surface area (Å²) in [7, 11) is -3.14. The first-order valence-electron chi connectivity index (χ1n) is 8.05. The van der Waals surface area contributed by atoms with Gasteiger partial charge in [0.05, 0.1) is 18.0 Å². The Morgan fingerprint density at radius 3 is 2.78 bits per heavy atom. The second-order valence-corrected chi connectivity index (χ2v) is 8.01. The minimum Gasteiger partial charge on any atom is -0.247 e. The average molecular weight is 334 g/mol. The summed E-state index contributed by atoms with van der Waals surface area (Å²) in [6.07, 6.45) is 4.29. The standard InChI is InChI=1S/C16H22N4O2S/c1-2-3-11-23(21,22)19-10-9-15(12-19)20-13-16(17-18-20)14-7-5-4-6-8-14/h4-8,13,15H,2-3,9-12H2,1H3. The van der Waals surface area contributed by atoms with Crippen LogP contribution in [0.25, 0.3) is 11.3 Å². The number of nitrogens with zero attached hydrogens (tertiary/aromatic N) is 4. The van der Waals surface area contributed by atoms with Crippen molar-refractivity contribution in [2.45, 2.75) is 32.2 Å². The molecule has 1 unspecified atom stereocenters. The van der Waals surface area contributed by atoms with Gasteiger partial charge in [0, 0.05) is 18.7 Å². The van der Waals surface area contributed by atoms with Crippen molar-refractivity contribution < 1.29 is 8.42 Å². The van der Waals surface area contributed by atoms with E-state index >= 15 is 0 Å². The van der Waals surface area contributed by atoms with Gasteiger partial charge in [0.25, 0.3) is 0 Å². The van der Waals surface area contributed by atoms with E-state index in [4.69, 9.17) is 0 Å². The van der Waals surface area contributed by atoms with Crippen molar-refractivity contribution in [3.63, 3.8) is 0 Å². The Morgan fingerprint density at radius 1 is 1.26 bits per heavy atom. The molecule has 0 saturated carbocycles. The summed E-state index contributed by atoms with van der Waals surface area (Å²) in [5, 5.41) is 8.41. The van der Waals surface area contributed by atoms with Crippen molar-refractivity contribution in [1.82, 2.24) is 19.3 Å². The molecule has 0 spiro atoms. The highest BCUT2D eigenvalue weighted by atomic mass is 32.2. The predicted molar refractivity (Wildman–Crippen MR) is 89.4 cm³/mol. The largest absolute Gasteiger partial charge is 0.247 e. The summed E-state index contributed by atoms with van der Waals surface area (Å²) in [6, 6.07) is 9.94. The normalized spacial score (nSPS) is 19.3. The van der Waals surface area contributed by atoms with Crippen molar-refractivity contribution in [3.05, 3.63) is 36.5 Å². The maximum absolute atomic E-state index is 12.3. The lowest BCUT2D eigenvalue weighted by atomic mass is 10.2. The molecule has 1 aliphatic rings. The fourth-order valence-corrected chi connectivity index (χ4v) is 4.53. The molecule has 2 aromatic rings. The number of hydrogen-bond acceptors (Lipinski definition) is 4. The highest BCUT2D eigenvalue weighted by Crippen LogP contribution is 2.25. The smallest absolute Gasteiger partial charge is 0.214 e. The number of unbranched alkanes of at least 4 members (excludes halogenated alkanes) is 1. The van der Waals surface area contributed by atoms with Gasteiger partial charge in [-0.3, -0.25) is 0 Å². The van der Waals surface area contributed by atoms with E-state index in [2.05, 4.69) is 10.3 Å². The molecule has 6 nitrogen and oxygen atoms in total. The fraction of sp³-hybridized carbons (Fsp3) is 0.500. The monoisotopic (exact) mass is 334 g/mol. The minimum atomic E-state index is -3.14. The number of hydrogen-bond donors (Lipinski definition) is 0. The number of sulfonamides is 1. The minimum absolute atomic E-state index is 0.0661. The SMILES string of the molecule is CCCCS(=O)(=O)N1CCC(n2cc(-c3ccccc3)nn2)C1. The molecule has 1 aliphatic heterocycles. The van der Waals surface area contributed by atoms with E-state index in [0.717, 1.165) is 24.1 Å². The van der Waals surface area contributed by atoms with Gasteiger partial charge in [-0.2, -0.15) is 4.31 Å². The van der Waals surface area contributed by atoms with Crippen LogP contribution < -0.4 is 0 Å². The van der Waals surface area contributed by atoms with Gasteiger partial charge in [-0.1, -0.05) is 48.9 Å². The maximum Gasteiger partial charge on any atom is 0.214 e. The molecule has 3 rings (SSSR count). The van der Waals surface area contributed by atoms with Crippen LogP contribution in [0.15, 0.2) is 36.5 Å². The first kappa shape index (κ1) is 16.1. The van der Waals surface area contributed by atoms with Gasteiger partial charge >= 0.3 is 0 Å². The van der Waals surface area contributed by atoms with Gasteiger partial charge in [-0.15, -0.1) is 5.10 Å². The fourth-order valence-electron chi connectivity index (χ4n) is 2.83. The Hall–Kier alpha value is -1.73. The van der Waals surface area contributed by atoms with E-state index in [1.807, 2.05) is 43.5 Å². The van der Waals surface area contributed by atoms with E-state index < -0.39 is 10.0 Å². The van der Waals surface area contributed by atoms with E-state index in [1.165, 1.54) is 0 Å². The molecule has 0 radical (unpaired) electrons. The summed E-state index contributed by atoms with van der Waals surface area (Å²) < 4.78 is 27.9. The van der Waals surface area contributed by atoms with E-state index in [9.17, 15) is 8.42 Å². The molecule has 1 saturated heterocycles. The van der Waals surface area contributed by atoms with Gasteiger partial charge in [0.2, 0.25) is 10.0 Å². The molecule has 23 heavy (non-hydrogen) atoms. The molecule has 2 heterocycles. The summed E-state index contributed by atoms with van der Waals surface area (Å²) in [5.74, 6) is 0.239. The van der Waals surface area contributed by atoms with Crippen LogP contribution in [0.5, 0.6) is 0 Å². The third-order valence-corrected chi connectivity index (χ3v) is 6.15. The van der Waals surface area contributed by atoms with Crippen molar-refractivity contribution in [2.75, 3.05) is 18.8 Å². The van der Waals surface area contributed by atoms with Crippen molar-refractivity contribution in [3.8, 4) is 11.3 Å². The van der Waals surface area contributed by atoms with E-state index in [1.54, 1.807) is 8.99 Å². The lowest BCUT2D eigenvalue weighted by molar-refractivity contribution is 0.427. The Labute approximate surface area is 137 Å². The first-order valence-corrected chi connectivity index (χ1v) is 9.66. The molecule has 1 fully saturated rings. The van der Waals surface area contributed by atoms with Crippen LogP contribution in [0.3, 0.4) is 0 Å². The zero-order valence-corrected chi connectivity index (χ0v) is 14.1. The molecule has 124 valence electrons. The molecule has 1 atom stereocenters. The van der Waals surface area contributed by atoms with E-state index in [-0.39, 0.29) is 11.8 Å². The molecule has 0 bridgehead atoms. The molecular weight excluding hydrogens is 312 g/mol.